The maximum Gasteiger partial charge on any atom is 0.315 e. The molecule has 2 aromatic carbocycles. The molecule has 0 saturated heterocycles. The standard InChI is InChI=1S/C22H22ClN5O2/c23-18-5-1-16(2-6-18)14-26-22(30)27-15-21(29)25-13-17-3-7-19(8-4-17)28-20-9-11-24-12-10-20/h1-12H,13-15H2,(H,24,28)(H,25,29)(H2,26,27,30). The number of nitrogens with zero attached hydrogens (tertiary/aromatic N) is 1. The van der Waals surface area contributed by atoms with Gasteiger partial charge in [-0.2, -0.15) is 0 Å². The summed E-state index contributed by atoms with van der Waals surface area (Å²) < 4.78 is 0. The number of hydrogen-bond acceptors (Lipinski definition) is 4. The van der Waals surface area contributed by atoms with E-state index < -0.39 is 6.03 Å². The molecule has 0 unspecified atom stereocenters. The number of amides is 3. The molecular weight excluding hydrogens is 402 g/mol. The third-order valence-corrected chi connectivity index (χ3v) is 4.44. The highest BCUT2D eigenvalue weighted by molar-refractivity contribution is 6.30. The monoisotopic (exact) mass is 423 g/mol. The molecule has 3 rings (SSSR count). The van der Waals surface area contributed by atoms with Gasteiger partial charge in [0.05, 0.1) is 6.54 Å². The van der Waals surface area contributed by atoms with Crippen molar-refractivity contribution in [1.29, 1.82) is 0 Å². The van der Waals surface area contributed by atoms with E-state index in [0.29, 0.717) is 18.1 Å². The topological polar surface area (TPSA) is 95.2 Å². The van der Waals surface area contributed by atoms with Gasteiger partial charge >= 0.3 is 6.03 Å². The molecule has 0 spiro atoms. The average molecular weight is 424 g/mol. The molecule has 0 saturated carbocycles. The normalized spacial score (nSPS) is 10.2. The number of anilines is 2. The van der Waals surface area contributed by atoms with Crippen LogP contribution in [0.25, 0.3) is 0 Å². The van der Waals surface area contributed by atoms with Crippen molar-refractivity contribution in [3.8, 4) is 0 Å². The van der Waals surface area contributed by atoms with Crippen LogP contribution in [-0.2, 0) is 17.9 Å². The molecule has 0 aliphatic heterocycles. The van der Waals surface area contributed by atoms with Crippen molar-refractivity contribution >= 4 is 34.9 Å². The minimum atomic E-state index is -0.411. The van der Waals surface area contributed by atoms with Gasteiger partial charge in [0.1, 0.15) is 0 Å². The van der Waals surface area contributed by atoms with Gasteiger partial charge in [0.15, 0.2) is 0 Å². The lowest BCUT2D eigenvalue weighted by atomic mass is 10.2. The highest BCUT2D eigenvalue weighted by Crippen LogP contribution is 2.16. The number of aromatic nitrogens is 1. The summed E-state index contributed by atoms with van der Waals surface area (Å²) in [5, 5.41) is 11.9. The molecule has 0 atom stereocenters. The number of rotatable bonds is 8. The Balaban J connectivity index is 1.34. The summed E-state index contributed by atoms with van der Waals surface area (Å²) in [4.78, 5) is 27.7. The number of urea groups is 1. The third-order valence-electron chi connectivity index (χ3n) is 4.19. The second-order valence-corrected chi connectivity index (χ2v) is 6.93. The van der Waals surface area contributed by atoms with Crippen LogP contribution >= 0.6 is 11.6 Å². The van der Waals surface area contributed by atoms with Crippen LogP contribution in [-0.4, -0.2) is 23.5 Å². The zero-order valence-corrected chi connectivity index (χ0v) is 16.9. The van der Waals surface area contributed by atoms with Crippen molar-refractivity contribution in [3.63, 3.8) is 0 Å². The Kier molecular flexibility index (Phi) is 7.63. The lowest BCUT2D eigenvalue weighted by Gasteiger charge is -2.10. The molecule has 4 N–H and O–H groups in total. The van der Waals surface area contributed by atoms with E-state index in [1.165, 1.54) is 0 Å². The van der Waals surface area contributed by atoms with Crippen LogP contribution in [0.15, 0.2) is 73.1 Å². The minimum Gasteiger partial charge on any atom is -0.355 e. The lowest BCUT2D eigenvalue weighted by molar-refractivity contribution is -0.120. The summed E-state index contributed by atoms with van der Waals surface area (Å²) >= 11 is 5.82. The first-order valence-electron chi connectivity index (χ1n) is 9.37. The Bertz CT molecular complexity index is 963. The second kappa shape index (κ2) is 10.8. The van der Waals surface area contributed by atoms with Crippen LogP contribution in [0.1, 0.15) is 11.1 Å². The number of carbonyl (C=O) groups is 2. The zero-order valence-electron chi connectivity index (χ0n) is 16.2. The van der Waals surface area contributed by atoms with Crippen LogP contribution in [0.3, 0.4) is 0 Å². The van der Waals surface area contributed by atoms with Crippen LogP contribution in [0.2, 0.25) is 5.02 Å². The van der Waals surface area contributed by atoms with Gasteiger partial charge in [-0.05, 0) is 47.5 Å². The summed E-state index contributed by atoms with van der Waals surface area (Å²) in [7, 11) is 0. The molecule has 154 valence electrons. The first kappa shape index (κ1) is 21.1. The summed E-state index contributed by atoms with van der Waals surface area (Å²) in [6, 6.07) is 18.2. The Morgan fingerprint density at radius 2 is 1.30 bits per heavy atom. The van der Waals surface area contributed by atoms with Crippen molar-refractivity contribution in [1.82, 2.24) is 20.9 Å². The number of hydrogen-bond donors (Lipinski definition) is 4. The Morgan fingerprint density at radius 1 is 0.733 bits per heavy atom. The molecule has 0 bridgehead atoms. The van der Waals surface area contributed by atoms with Crippen molar-refractivity contribution in [2.75, 3.05) is 11.9 Å². The molecule has 0 aliphatic carbocycles. The molecule has 3 aromatic rings. The van der Waals surface area contributed by atoms with Gasteiger partial charge in [-0.3, -0.25) is 9.78 Å². The van der Waals surface area contributed by atoms with Crippen LogP contribution < -0.4 is 21.3 Å². The molecule has 1 aromatic heterocycles. The molecule has 1 heterocycles. The fourth-order valence-electron chi connectivity index (χ4n) is 2.58. The van der Waals surface area contributed by atoms with Crippen molar-refractivity contribution < 1.29 is 9.59 Å². The van der Waals surface area contributed by atoms with E-state index >= 15 is 0 Å². The lowest BCUT2D eigenvalue weighted by Crippen LogP contribution is -2.41. The SMILES string of the molecule is O=C(CNC(=O)NCc1ccc(Cl)cc1)NCc1ccc(Nc2ccncc2)cc1. The van der Waals surface area contributed by atoms with E-state index in [1.54, 1.807) is 24.5 Å². The van der Waals surface area contributed by atoms with Gasteiger partial charge in [-0.25, -0.2) is 4.79 Å². The van der Waals surface area contributed by atoms with E-state index in [0.717, 1.165) is 22.5 Å². The van der Waals surface area contributed by atoms with E-state index in [2.05, 4.69) is 26.3 Å². The smallest absolute Gasteiger partial charge is 0.315 e. The Hall–Kier alpha value is -3.58. The first-order chi connectivity index (χ1) is 14.6. The van der Waals surface area contributed by atoms with Crippen LogP contribution in [0.4, 0.5) is 16.2 Å². The molecule has 30 heavy (non-hydrogen) atoms. The third kappa shape index (κ3) is 7.10. The molecule has 7 nitrogen and oxygen atoms in total. The minimum absolute atomic E-state index is 0.103. The predicted molar refractivity (Wildman–Crippen MR) is 117 cm³/mol. The summed E-state index contributed by atoms with van der Waals surface area (Å²) in [5.41, 5.74) is 3.76. The average Bonchev–Trinajstić information content (AvgIpc) is 2.77. The fraction of sp³-hybridized carbons (Fsp3) is 0.136. The molecule has 3 amide bonds. The number of halogens is 1. The van der Waals surface area contributed by atoms with E-state index in [9.17, 15) is 9.59 Å². The van der Waals surface area contributed by atoms with Gasteiger partial charge < -0.3 is 21.3 Å². The van der Waals surface area contributed by atoms with Gasteiger partial charge in [0.25, 0.3) is 0 Å². The largest absolute Gasteiger partial charge is 0.355 e. The second-order valence-electron chi connectivity index (χ2n) is 6.50. The number of benzene rings is 2. The molecule has 8 heteroatoms. The molecular formula is C22H22ClN5O2. The van der Waals surface area contributed by atoms with Crippen LogP contribution in [0.5, 0.6) is 0 Å². The molecule has 0 fully saturated rings. The first-order valence-corrected chi connectivity index (χ1v) is 9.75. The summed E-state index contributed by atoms with van der Waals surface area (Å²) in [6.07, 6.45) is 3.44. The molecule has 0 aliphatic rings. The maximum absolute atomic E-state index is 12.0. The van der Waals surface area contributed by atoms with Gasteiger partial charge in [-0.1, -0.05) is 35.9 Å². The zero-order chi connectivity index (χ0) is 21.2. The number of nitrogens with one attached hydrogen (secondary N) is 4. The Morgan fingerprint density at radius 3 is 1.97 bits per heavy atom. The van der Waals surface area contributed by atoms with Gasteiger partial charge in [0.2, 0.25) is 5.91 Å². The van der Waals surface area contributed by atoms with Crippen molar-refractivity contribution in [3.05, 3.63) is 89.2 Å². The van der Waals surface area contributed by atoms with Gasteiger partial charge in [0, 0.05) is 41.9 Å². The van der Waals surface area contributed by atoms with E-state index in [-0.39, 0.29) is 12.5 Å². The summed E-state index contributed by atoms with van der Waals surface area (Å²) in [5.74, 6) is -0.268. The van der Waals surface area contributed by atoms with E-state index in [4.69, 9.17) is 11.6 Å². The van der Waals surface area contributed by atoms with Crippen molar-refractivity contribution in [2.45, 2.75) is 13.1 Å². The maximum atomic E-state index is 12.0. The Labute approximate surface area is 179 Å². The van der Waals surface area contributed by atoms with Gasteiger partial charge in [-0.15, -0.1) is 0 Å². The van der Waals surface area contributed by atoms with E-state index in [1.807, 2.05) is 48.5 Å². The van der Waals surface area contributed by atoms with Crippen molar-refractivity contribution in [2.24, 2.45) is 0 Å². The predicted octanol–water partition coefficient (Wildman–Crippen LogP) is 3.59. The van der Waals surface area contributed by atoms with Crippen LogP contribution in [0, 0.1) is 0 Å². The highest BCUT2D eigenvalue weighted by Gasteiger charge is 2.05. The quantitative estimate of drug-likeness (QED) is 0.445. The summed E-state index contributed by atoms with van der Waals surface area (Å²) in [6.45, 7) is 0.626. The molecule has 0 radical (unpaired) electrons. The number of carbonyl (C=O) groups excluding carboxylic acids is 2. The number of pyridine rings is 1. The highest BCUT2D eigenvalue weighted by atomic mass is 35.5. The fourth-order valence-corrected chi connectivity index (χ4v) is 2.70.